The van der Waals surface area contributed by atoms with Crippen LogP contribution in [0.2, 0.25) is 0 Å². The molecule has 1 aliphatic rings. The second-order valence-corrected chi connectivity index (χ2v) is 8.31. The molecule has 2 heterocycles. The van der Waals surface area contributed by atoms with Crippen LogP contribution in [0, 0.1) is 13.8 Å². The van der Waals surface area contributed by atoms with E-state index in [1.54, 1.807) is 0 Å². The third-order valence-corrected chi connectivity index (χ3v) is 5.84. The molecule has 0 unspecified atom stereocenters. The standard InChI is InChI=1S/C26H29N3O/c1-18-16-29(19(2)22(18)11-8-14-28(3)4)17-24-23-13-12-21(15-25(23)27-26(24)30)20-9-6-5-7-10-20/h5-7,9-10,12-13,15-17H,8,11,14H2,1-4H3,(H,27,30). The SMILES string of the molecule is Cc1cn(C=C2C(=O)Nc3cc(-c4ccccc4)ccc32)c(C)c1CCCN(C)C. The van der Waals surface area contributed by atoms with Crippen molar-refractivity contribution in [2.45, 2.75) is 26.7 Å². The molecule has 4 rings (SSSR count). The number of hydrogen-bond acceptors (Lipinski definition) is 2. The van der Waals surface area contributed by atoms with Crippen molar-refractivity contribution in [3.8, 4) is 11.1 Å². The van der Waals surface area contributed by atoms with Crippen LogP contribution in [0.25, 0.3) is 22.9 Å². The molecule has 0 saturated heterocycles. The summed E-state index contributed by atoms with van der Waals surface area (Å²) in [5.41, 5.74) is 8.66. The van der Waals surface area contributed by atoms with Crippen molar-refractivity contribution in [3.63, 3.8) is 0 Å². The van der Waals surface area contributed by atoms with E-state index in [1.807, 2.05) is 30.5 Å². The normalized spacial score (nSPS) is 14.4. The summed E-state index contributed by atoms with van der Waals surface area (Å²) in [6, 6.07) is 16.4. The Kier molecular flexibility index (Phi) is 5.60. The van der Waals surface area contributed by atoms with Crippen molar-refractivity contribution < 1.29 is 4.79 Å². The zero-order chi connectivity index (χ0) is 21.3. The summed E-state index contributed by atoms with van der Waals surface area (Å²) < 4.78 is 2.11. The molecule has 0 spiro atoms. The van der Waals surface area contributed by atoms with Crippen LogP contribution in [0.15, 0.2) is 54.7 Å². The Balaban J connectivity index is 1.64. The Morgan fingerprint density at radius 3 is 2.53 bits per heavy atom. The molecule has 1 N–H and O–H groups in total. The Bertz CT molecular complexity index is 1110. The highest BCUT2D eigenvalue weighted by Gasteiger charge is 2.25. The summed E-state index contributed by atoms with van der Waals surface area (Å²) in [7, 11) is 4.21. The molecule has 30 heavy (non-hydrogen) atoms. The predicted molar refractivity (Wildman–Crippen MR) is 125 cm³/mol. The number of carbonyl (C=O) groups excluding carboxylic acids is 1. The van der Waals surface area contributed by atoms with Crippen LogP contribution in [-0.4, -0.2) is 36.0 Å². The van der Waals surface area contributed by atoms with Gasteiger partial charge in [-0.25, -0.2) is 0 Å². The first-order valence-electron chi connectivity index (χ1n) is 10.5. The van der Waals surface area contributed by atoms with Crippen molar-refractivity contribution in [2.24, 2.45) is 0 Å². The summed E-state index contributed by atoms with van der Waals surface area (Å²) in [6.07, 6.45) is 6.29. The Labute approximate surface area is 178 Å². The number of benzene rings is 2. The first-order chi connectivity index (χ1) is 14.4. The van der Waals surface area contributed by atoms with Crippen molar-refractivity contribution >= 4 is 23.4 Å². The van der Waals surface area contributed by atoms with E-state index in [0.29, 0.717) is 5.57 Å². The maximum Gasteiger partial charge on any atom is 0.257 e. The molecule has 1 aliphatic heterocycles. The van der Waals surface area contributed by atoms with Gasteiger partial charge in [0, 0.05) is 29.3 Å². The molecule has 3 aromatic rings. The fraction of sp³-hybridized carbons (Fsp3) is 0.269. The summed E-state index contributed by atoms with van der Waals surface area (Å²) in [5.74, 6) is -0.0462. The van der Waals surface area contributed by atoms with E-state index in [4.69, 9.17) is 0 Å². The van der Waals surface area contributed by atoms with Crippen LogP contribution in [0.1, 0.15) is 28.8 Å². The molecule has 0 aliphatic carbocycles. The summed E-state index contributed by atoms with van der Waals surface area (Å²) >= 11 is 0. The smallest absolute Gasteiger partial charge is 0.257 e. The molecule has 0 radical (unpaired) electrons. The van der Waals surface area contributed by atoms with E-state index < -0.39 is 0 Å². The van der Waals surface area contributed by atoms with Gasteiger partial charge < -0.3 is 14.8 Å². The third-order valence-electron chi connectivity index (χ3n) is 5.84. The lowest BCUT2D eigenvalue weighted by Gasteiger charge is -2.10. The number of anilines is 1. The van der Waals surface area contributed by atoms with Gasteiger partial charge in [-0.15, -0.1) is 0 Å². The van der Waals surface area contributed by atoms with Gasteiger partial charge in [-0.1, -0.05) is 42.5 Å². The predicted octanol–water partition coefficient (Wildman–Crippen LogP) is 5.22. The number of nitrogens with zero attached hydrogens (tertiary/aromatic N) is 2. The van der Waals surface area contributed by atoms with E-state index in [1.165, 1.54) is 16.8 Å². The van der Waals surface area contributed by atoms with Gasteiger partial charge in [0.2, 0.25) is 0 Å². The van der Waals surface area contributed by atoms with Crippen LogP contribution in [0.5, 0.6) is 0 Å². The molecule has 1 aromatic heterocycles. The number of aryl methyl sites for hydroxylation is 1. The minimum Gasteiger partial charge on any atom is -0.327 e. The zero-order valence-corrected chi connectivity index (χ0v) is 18.2. The largest absolute Gasteiger partial charge is 0.327 e. The number of fused-ring (bicyclic) bond motifs is 1. The van der Waals surface area contributed by atoms with E-state index in [-0.39, 0.29) is 5.91 Å². The average Bonchev–Trinajstić information content (AvgIpc) is 3.18. The zero-order valence-electron chi connectivity index (χ0n) is 18.2. The fourth-order valence-corrected chi connectivity index (χ4v) is 4.18. The molecule has 4 nitrogen and oxygen atoms in total. The summed E-state index contributed by atoms with van der Waals surface area (Å²) in [5, 5.41) is 3.04. The topological polar surface area (TPSA) is 37.3 Å². The van der Waals surface area contributed by atoms with E-state index in [2.05, 4.69) is 73.2 Å². The summed E-state index contributed by atoms with van der Waals surface area (Å²) in [4.78, 5) is 15.0. The molecule has 154 valence electrons. The number of nitrogens with one attached hydrogen (secondary N) is 1. The average molecular weight is 400 g/mol. The maximum absolute atomic E-state index is 12.7. The lowest BCUT2D eigenvalue weighted by Crippen LogP contribution is -2.13. The second-order valence-electron chi connectivity index (χ2n) is 8.31. The first kappa shape index (κ1) is 20.2. The lowest BCUT2D eigenvalue weighted by atomic mass is 10.0. The highest BCUT2D eigenvalue weighted by atomic mass is 16.2. The van der Waals surface area contributed by atoms with E-state index in [9.17, 15) is 4.79 Å². The lowest BCUT2D eigenvalue weighted by molar-refractivity contribution is -0.110. The monoisotopic (exact) mass is 399 g/mol. The van der Waals surface area contributed by atoms with Crippen LogP contribution in [0.3, 0.4) is 0 Å². The Morgan fingerprint density at radius 2 is 1.80 bits per heavy atom. The number of hydrogen-bond donors (Lipinski definition) is 1. The molecule has 4 heteroatoms. The third kappa shape index (κ3) is 3.96. The van der Waals surface area contributed by atoms with Gasteiger partial charge in [0.15, 0.2) is 0 Å². The van der Waals surface area contributed by atoms with Gasteiger partial charge in [0.1, 0.15) is 0 Å². The first-order valence-corrected chi connectivity index (χ1v) is 10.5. The van der Waals surface area contributed by atoms with Crippen LogP contribution < -0.4 is 5.32 Å². The van der Waals surface area contributed by atoms with Gasteiger partial charge in [-0.3, -0.25) is 4.79 Å². The van der Waals surface area contributed by atoms with Crippen molar-refractivity contribution in [1.82, 2.24) is 9.47 Å². The fourth-order valence-electron chi connectivity index (χ4n) is 4.18. The molecule has 1 amide bonds. The van der Waals surface area contributed by atoms with Crippen molar-refractivity contribution in [3.05, 3.63) is 77.1 Å². The van der Waals surface area contributed by atoms with E-state index >= 15 is 0 Å². The van der Waals surface area contributed by atoms with E-state index in [0.717, 1.165) is 41.8 Å². The molecule has 0 fully saturated rings. The van der Waals surface area contributed by atoms with Gasteiger partial charge in [-0.2, -0.15) is 0 Å². The number of amides is 1. The van der Waals surface area contributed by atoms with Crippen molar-refractivity contribution in [1.29, 1.82) is 0 Å². The maximum atomic E-state index is 12.7. The minimum absolute atomic E-state index is 0.0462. The molecule has 0 bridgehead atoms. The van der Waals surface area contributed by atoms with Gasteiger partial charge in [0.25, 0.3) is 5.91 Å². The number of aromatic nitrogens is 1. The molecule has 2 aromatic carbocycles. The molecule has 0 saturated carbocycles. The van der Waals surface area contributed by atoms with Crippen LogP contribution >= 0.6 is 0 Å². The second kappa shape index (κ2) is 8.33. The number of carbonyl (C=O) groups is 1. The van der Waals surface area contributed by atoms with Crippen LogP contribution in [0.4, 0.5) is 5.69 Å². The Morgan fingerprint density at radius 1 is 1.03 bits per heavy atom. The highest BCUT2D eigenvalue weighted by molar-refractivity contribution is 6.34. The quantitative estimate of drug-likeness (QED) is 0.577. The van der Waals surface area contributed by atoms with Gasteiger partial charge >= 0.3 is 0 Å². The van der Waals surface area contributed by atoms with Crippen molar-refractivity contribution in [2.75, 3.05) is 26.0 Å². The van der Waals surface area contributed by atoms with Crippen LogP contribution in [-0.2, 0) is 11.2 Å². The molecular formula is C26H29N3O. The number of rotatable bonds is 6. The van der Waals surface area contributed by atoms with Gasteiger partial charge in [-0.05, 0) is 75.6 Å². The molecule has 0 atom stereocenters. The minimum atomic E-state index is -0.0462. The summed E-state index contributed by atoms with van der Waals surface area (Å²) in [6.45, 7) is 5.37. The van der Waals surface area contributed by atoms with Gasteiger partial charge in [0.05, 0.1) is 5.57 Å². The Hall–Kier alpha value is -3.11. The highest BCUT2D eigenvalue weighted by Crippen LogP contribution is 2.36. The molecular weight excluding hydrogens is 370 g/mol.